The van der Waals surface area contributed by atoms with Gasteiger partial charge in [-0.2, -0.15) is 13.2 Å². The first-order valence-electron chi connectivity index (χ1n) is 9.24. The van der Waals surface area contributed by atoms with E-state index in [0.717, 1.165) is 37.1 Å². The van der Waals surface area contributed by atoms with E-state index in [1.54, 1.807) is 0 Å². The zero-order valence-electron chi connectivity index (χ0n) is 15.9. The number of halogens is 3. The van der Waals surface area contributed by atoms with E-state index in [4.69, 9.17) is 0 Å². The third-order valence-electron chi connectivity index (χ3n) is 4.42. The van der Waals surface area contributed by atoms with Gasteiger partial charge in [0.25, 0.3) is 0 Å². The van der Waals surface area contributed by atoms with Gasteiger partial charge in [-0.15, -0.1) is 0 Å². The average Bonchev–Trinajstić information content (AvgIpc) is 3.02. The largest absolute Gasteiger partial charge is 0.416 e. The van der Waals surface area contributed by atoms with Crippen LogP contribution in [0, 0.1) is 0 Å². The van der Waals surface area contributed by atoms with E-state index in [1.165, 1.54) is 12.1 Å². The molecule has 0 unspecified atom stereocenters. The predicted octanol–water partition coefficient (Wildman–Crippen LogP) is 3.12. The van der Waals surface area contributed by atoms with Gasteiger partial charge in [-0.3, -0.25) is 9.79 Å². The smallest absolute Gasteiger partial charge is 0.357 e. The molecule has 0 bridgehead atoms. The monoisotopic (exact) mass is 384 g/mol. The molecule has 150 valence electrons. The predicted molar refractivity (Wildman–Crippen MR) is 99.3 cm³/mol. The van der Waals surface area contributed by atoms with E-state index < -0.39 is 11.7 Å². The van der Waals surface area contributed by atoms with Crippen LogP contribution < -0.4 is 5.32 Å². The number of likely N-dealkylation sites (tertiary alicyclic amines) is 1. The molecule has 5 nitrogen and oxygen atoms in total. The average molecular weight is 384 g/mol. The Kier molecular flexibility index (Phi) is 7.50. The molecule has 1 aromatic carbocycles. The molecule has 0 saturated carbocycles. The van der Waals surface area contributed by atoms with E-state index in [-0.39, 0.29) is 5.91 Å². The molecule has 1 N–H and O–H groups in total. The maximum absolute atomic E-state index is 12.7. The summed E-state index contributed by atoms with van der Waals surface area (Å²) in [7, 11) is 1.85. The number of carbonyl (C=O) groups is 1. The molecule has 1 saturated heterocycles. The molecule has 1 aromatic rings. The van der Waals surface area contributed by atoms with Crippen molar-refractivity contribution in [3.8, 4) is 0 Å². The molecule has 0 aliphatic carbocycles. The SMILES string of the molecule is CCNC(=NCCCN1CCCC1=O)N(C)Cc1ccc(C(F)(F)F)cc1. The number of alkyl halides is 3. The second-order valence-electron chi connectivity index (χ2n) is 6.62. The Bertz CT molecular complexity index is 643. The van der Waals surface area contributed by atoms with Crippen LogP contribution in [-0.4, -0.2) is 54.9 Å². The van der Waals surface area contributed by atoms with Crippen molar-refractivity contribution in [3.05, 3.63) is 35.4 Å². The van der Waals surface area contributed by atoms with E-state index in [2.05, 4.69) is 10.3 Å². The molecule has 1 fully saturated rings. The maximum Gasteiger partial charge on any atom is 0.416 e. The normalized spacial score (nSPS) is 15.4. The van der Waals surface area contributed by atoms with E-state index >= 15 is 0 Å². The van der Waals surface area contributed by atoms with Crippen LogP contribution in [0.15, 0.2) is 29.3 Å². The highest BCUT2D eigenvalue weighted by Gasteiger charge is 2.30. The van der Waals surface area contributed by atoms with Crippen molar-refractivity contribution in [1.82, 2.24) is 15.1 Å². The molecule has 1 aliphatic rings. The Hall–Kier alpha value is -2.25. The molecule has 1 aliphatic heterocycles. The lowest BCUT2D eigenvalue weighted by Gasteiger charge is -2.22. The highest BCUT2D eigenvalue weighted by Crippen LogP contribution is 2.29. The zero-order valence-corrected chi connectivity index (χ0v) is 15.9. The second kappa shape index (κ2) is 9.62. The summed E-state index contributed by atoms with van der Waals surface area (Å²) in [6, 6.07) is 5.17. The Morgan fingerprint density at radius 1 is 1.30 bits per heavy atom. The van der Waals surface area contributed by atoms with Crippen LogP contribution in [0.2, 0.25) is 0 Å². The highest BCUT2D eigenvalue weighted by molar-refractivity contribution is 5.79. The Labute approximate surface area is 158 Å². The first kappa shape index (κ1) is 21.1. The second-order valence-corrected chi connectivity index (χ2v) is 6.62. The quantitative estimate of drug-likeness (QED) is 0.446. The number of nitrogens with one attached hydrogen (secondary N) is 1. The number of guanidine groups is 1. The summed E-state index contributed by atoms with van der Waals surface area (Å²) >= 11 is 0. The lowest BCUT2D eigenvalue weighted by Crippen LogP contribution is -2.38. The number of nitrogens with zero attached hydrogens (tertiary/aromatic N) is 3. The standard InChI is InChI=1S/C19H27F3N4O/c1-3-23-18(24-11-5-13-26-12-4-6-17(26)27)25(2)14-15-7-9-16(10-8-15)19(20,21)22/h7-10H,3-6,11-14H2,1-2H3,(H,23,24). The van der Waals surface area contributed by atoms with Crippen molar-refractivity contribution in [2.45, 2.75) is 38.9 Å². The molecule has 0 spiro atoms. The topological polar surface area (TPSA) is 47.9 Å². The number of rotatable bonds is 7. The van der Waals surface area contributed by atoms with Crippen molar-refractivity contribution in [2.75, 3.05) is 33.2 Å². The summed E-state index contributed by atoms with van der Waals surface area (Å²) in [5, 5.41) is 3.19. The van der Waals surface area contributed by atoms with Gasteiger partial charge in [0, 0.05) is 46.2 Å². The van der Waals surface area contributed by atoms with Crippen LogP contribution >= 0.6 is 0 Å². The van der Waals surface area contributed by atoms with Gasteiger partial charge in [-0.05, 0) is 37.5 Å². The fourth-order valence-electron chi connectivity index (χ4n) is 3.00. The van der Waals surface area contributed by atoms with Gasteiger partial charge in [0.1, 0.15) is 0 Å². The minimum Gasteiger partial charge on any atom is -0.357 e. The van der Waals surface area contributed by atoms with Gasteiger partial charge < -0.3 is 15.1 Å². The summed E-state index contributed by atoms with van der Waals surface area (Å²) in [5.74, 6) is 0.912. The molecule has 0 radical (unpaired) electrons. The van der Waals surface area contributed by atoms with Crippen LogP contribution in [-0.2, 0) is 17.5 Å². The summed E-state index contributed by atoms with van der Waals surface area (Å²) < 4.78 is 38.0. The third-order valence-corrected chi connectivity index (χ3v) is 4.42. The molecule has 0 aromatic heterocycles. The maximum atomic E-state index is 12.7. The minimum atomic E-state index is -4.32. The summed E-state index contributed by atoms with van der Waals surface area (Å²) in [6.45, 7) is 5.24. The van der Waals surface area contributed by atoms with E-state index in [1.807, 2.05) is 23.8 Å². The van der Waals surface area contributed by atoms with Crippen LogP contribution in [0.1, 0.15) is 37.3 Å². The fourth-order valence-corrected chi connectivity index (χ4v) is 3.00. The molecule has 8 heteroatoms. The van der Waals surface area contributed by atoms with E-state index in [0.29, 0.717) is 38.6 Å². The first-order chi connectivity index (χ1) is 12.8. The highest BCUT2D eigenvalue weighted by atomic mass is 19.4. The van der Waals surface area contributed by atoms with Gasteiger partial charge >= 0.3 is 6.18 Å². The van der Waals surface area contributed by atoms with Gasteiger partial charge in [0.05, 0.1) is 5.56 Å². The Morgan fingerprint density at radius 3 is 2.56 bits per heavy atom. The number of carbonyl (C=O) groups excluding carboxylic acids is 1. The molecule has 0 atom stereocenters. The first-order valence-corrected chi connectivity index (χ1v) is 9.24. The summed E-state index contributed by atoms with van der Waals surface area (Å²) in [5.41, 5.74) is 0.129. The lowest BCUT2D eigenvalue weighted by atomic mass is 10.1. The van der Waals surface area contributed by atoms with Crippen LogP contribution in [0.3, 0.4) is 0 Å². The minimum absolute atomic E-state index is 0.213. The molecule has 27 heavy (non-hydrogen) atoms. The zero-order chi connectivity index (χ0) is 19.9. The van der Waals surface area contributed by atoms with E-state index in [9.17, 15) is 18.0 Å². The van der Waals surface area contributed by atoms with Crippen LogP contribution in [0.5, 0.6) is 0 Å². The molecular formula is C19H27F3N4O. The molecule has 2 rings (SSSR count). The van der Waals surface area contributed by atoms with Gasteiger partial charge in [0.2, 0.25) is 5.91 Å². The number of benzene rings is 1. The number of amides is 1. The number of hydrogen-bond acceptors (Lipinski definition) is 2. The van der Waals surface area contributed by atoms with Gasteiger partial charge in [0.15, 0.2) is 5.96 Å². The van der Waals surface area contributed by atoms with Crippen molar-refractivity contribution < 1.29 is 18.0 Å². The summed E-state index contributed by atoms with van der Waals surface area (Å²) in [4.78, 5) is 19.9. The Balaban J connectivity index is 1.89. The summed E-state index contributed by atoms with van der Waals surface area (Å²) in [6.07, 6.45) is -1.96. The third kappa shape index (κ3) is 6.45. The van der Waals surface area contributed by atoms with Gasteiger partial charge in [-0.1, -0.05) is 12.1 Å². The number of hydrogen-bond donors (Lipinski definition) is 1. The van der Waals surface area contributed by atoms with Crippen LogP contribution in [0.25, 0.3) is 0 Å². The van der Waals surface area contributed by atoms with Crippen molar-refractivity contribution >= 4 is 11.9 Å². The van der Waals surface area contributed by atoms with Crippen molar-refractivity contribution in [3.63, 3.8) is 0 Å². The Morgan fingerprint density at radius 2 is 2.00 bits per heavy atom. The molecule has 1 heterocycles. The van der Waals surface area contributed by atoms with Gasteiger partial charge in [-0.25, -0.2) is 0 Å². The molecule has 1 amide bonds. The van der Waals surface area contributed by atoms with Crippen molar-refractivity contribution in [2.24, 2.45) is 4.99 Å². The fraction of sp³-hybridized carbons (Fsp3) is 0.579. The van der Waals surface area contributed by atoms with Crippen LogP contribution in [0.4, 0.5) is 13.2 Å². The molecular weight excluding hydrogens is 357 g/mol. The van der Waals surface area contributed by atoms with Crippen molar-refractivity contribution in [1.29, 1.82) is 0 Å². The lowest BCUT2D eigenvalue weighted by molar-refractivity contribution is -0.137. The number of aliphatic imine (C=N–C) groups is 1.